The van der Waals surface area contributed by atoms with Crippen molar-refractivity contribution >= 4 is 29.3 Å². The molecule has 1 atom stereocenters. The highest BCUT2D eigenvalue weighted by Gasteiger charge is 2.31. The molecule has 0 bridgehead atoms. The van der Waals surface area contributed by atoms with Crippen LogP contribution in [0.2, 0.25) is 5.02 Å². The van der Waals surface area contributed by atoms with Gasteiger partial charge in [0, 0.05) is 29.7 Å². The molecule has 1 aromatic carbocycles. The van der Waals surface area contributed by atoms with E-state index < -0.39 is 17.2 Å². The van der Waals surface area contributed by atoms with Crippen LogP contribution in [0.1, 0.15) is 24.0 Å². The molecule has 4 N–H and O–H groups in total. The van der Waals surface area contributed by atoms with E-state index in [2.05, 4.69) is 15.3 Å². The van der Waals surface area contributed by atoms with Crippen molar-refractivity contribution in [3.8, 4) is 5.69 Å². The largest absolute Gasteiger partial charge is 0.398 e. The Morgan fingerprint density at radius 3 is 2.73 bits per heavy atom. The predicted molar refractivity (Wildman–Crippen MR) is 124 cm³/mol. The Bertz CT molecular complexity index is 1240. The molecule has 1 aliphatic carbocycles. The predicted octanol–water partition coefficient (Wildman–Crippen LogP) is 3.55. The number of aliphatic hydroxyl groups excluding tert-OH is 1. The minimum Gasteiger partial charge on any atom is -0.398 e. The van der Waals surface area contributed by atoms with Crippen LogP contribution in [0.4, 0.5) is 20.3 Å². The number of nitrogen functional groups attached to an aromatic ring is 1. The third-order valence-corrected chi connectivity index (χ3v) is 5.80. The molecule has 2 heterocycles. The lowest BCUT2D eigenvalue weighted by molar-refractivity contribution is 0.263. The maximum absolute atomic E-state index is 13.8. The molecule has 0 radical (unpaired) electrons. The summed E-state index contributed by atoms with van der Waals surface area (Å²) in [5, 5.41) is 13.0. The first-order chi connectivity index (χ1) is 15.9. The van der Waals surface area contributed by atoms with Gasteiger partial charge in [-0.3, -0.25) is 14.4 Å². The molecular formula is C23H22ClF2N5O2. The lowest BCUT2D eigenvalue weighted by Gasteiger charge is -2.17. The second-order valence-electron chi connectivity index (χ2n) is 7.82. The van der Waals surface area contributed by atoms with Crippen molar-refractivity contribution in [2.24, 2.45) is 10.9 Å². The Hall–Kier alpha value is -3.30. The minimum absolute atomic E-state index is 0.0324. The lowest BCUT2D eigenvalue weighted by Crippen LogP contribution is -2.27. The zero-order chi connectivity index (χ0) is 23.5. The minimum atomic E-state index is -0.721. The Morgan fingerprint density at radius 1 is 1.33 bits per heavy atom. The fourth-order valence-electron chi connectivity index (χ4n) is 3.49. The second kappa shape index (κ2) is 9.68. The zero-order valence-corrected chi connectivity index (χ0v) is 18.3. The number of aliphatic hydroxyl groups is 1. The van der Waals surface area contributed by atoms with E-state index in [1.54, 1.807) is 6.07 Å². The van der Waals surface area contributed by atoms with E-state index in [4.69, 9.17) is 17.3 Å². The first-order valence-corrected chi connectivity index (χ1v) is 10.7. The summed E-state index contributed by atoms with van der Waals surface area (Å²) in [6.45, 7) is -0.324. The van der Waals surface area contributed by atoms with Crippen molar-refractivity contribution in [3.05, 3.63) is 80.9 Å². The summed E-state index contributed by atoms with van der Waals surface area (Å²) < 4.78 is 28.9. The Morgan fingerprint density at radius 2 is 2.06 bits per heavy atom. The third-order valence-electron chi connectivity index (χ3n) is 5.51. The van der Waals surface area contributed by atoms with Crippen molar-refractivity contribution in [2.45, 2.75) is 25.4 Å². The Balaban J connectivity index is 1.64. The quantitative estimate of drug-likeness (QED) is 0.434. The fourth-order valence-corrected chi connectivity index (χ4v) is 3.68. The number of nitrogens with two attached hydrogens (primary N) is 1. The molecule has 0 amide bonds. The first-order valence-electron chi connectivity index (χ1n) is 10.4. The van der Waals surface area contributed by atoms with Crippen LogP contribution in [0.15, 0.2) is 52.5 Å². The molecule has 1 unspecified atom stereocenters. The summed E-state index contributed by atoms with van der Waals surface area (Å²) in [5.41, 5.74) is 5.83. The van der Waals surface area contributed by atoms with Crippen LogP contribution in [0.25, 0.3) is 5.69 Å². The molecular weight excluding hydrogens is 452 g/mol. The smallest absolute Gasteiger partial charge is 0.266 e. The van der Waals surface area contributed by atoms with Crippen molar-refractivity contribution in [1.29, 1.82) is 0 Å². The van der Waals surface area contributed by atoms with Gasteiger partial charge in [-0.05, 0) is 37.0 Å². The Labute approximate surface area is 193 Å². The van der Waals surface area contributed by atoms with Gasteiger partial charge in [-0.25, -0.2) is 13.8 Å². The maximum atomic E-state index is 13.8. The summed E-state index contributed by atoms with van der Waals surface area (Å²) in [5.74, 6) is -0.588. The molecule has 172 valence electrons. The summed E-state index contributed by atoms with van der Waals surface area (Å²) in [6, 6.07) is 6.54. The van der Waals surface area contributed by atoms with Gasteiger partial charge < -0.3 is 16.2 Å². The van der Waals surface area contributed by atoms with E-state index in [9.17, 15) is 18.7 Å². The highest BCUT2D eigenvalue weighted by Crippen LogP contribution is 2.34. The molecule has 1 aliphatic rings. The van der Waals surface area contributed by atoms with Gasteiger partial charge in [0.1, 0.15) is 17.5 Å². The molecule has 0 aliphatic heterocycles. The molecule has 10 heteroatoms. The van der Waals surface area contributed by atoms with Gasteiger partial charge >= 0.3 is 0 Å². The summed E-state index contributed by atoms with van der Waals surface area (Å²) in [4.78, 5) is 21.4. The number of nitrogens with zero attached hydrogens (tertiary/aromatic N) is 3. The molecule has 4 rings (SSSR count). The number of rotatable bonds is 8. The van der Waals surface area contributed by atoms with Crippen LogP contribution in [-0.4, -0.2) is 33.5 Å². The number of anilines is 2. The van der Waals surface area contributed by atoms with Crippen LogP contribution >= 0.6 is 11.6 Å². The van der Waals surface area contributed by atoms with Gasteiger partial charge in [0.05, 0.1) is 41.7 Å². The van der Waals surface area contributed by atoms with Gasteiger partial charge in [0.25, 0.3) is 5.56 Å². The molecule has 33 heavy (non-hydrogen) atoms. The average molecular weight is 474 g/mol. The molecule has 1 fully saturated rings. The van der Waals surface area contributed by atoms with Crippen molar-refractivity contribution in [2.75, 3.05) is 17.7 Å². The van der Waals surface area contributed by atoms with Crippen LogP contribution < -0.4 is 16.6 Å². The number of hydrogen-bond donors (Lipinski definition) is 3. The number of nitrogens with one attached hydrogen (secondary N) is 1. The van der Waals surface area contributed by atoms with E-state index in [-0.39, 0.29) is 41.0 Å². The maximum Gasteiger partial charge on any atom is 0.266 e. The summed E-state index contributed by atoms with van der Waals surface area (Å²) in [6.07, 6.45) is 6.16. The van der Waals surface area contributed by atoms with Gasteiger partial charge in [-0.2, -0.15) is 0 Å². The molecule has 7 nitrogen and oxygen atoms in total. The number of aromatic nitrogens is 2. The molecule has 2 aromatic heterocycles. The van der Waals surface area contributed by atoms with Crippen molar-refractivity contribution < 1.29 is 13.9 Å². The molecule has 0 saturated heterocycles. The van der Waals surface area contributed by atoms with E-state index in [1.807, 2.05) is 0 Å². The Kier molecular flexibility index (Phi) is 6.71. The standard InChI is InChI=1S/C23H22ClF2N5O2/c24-16-11-29-22(30-20(12-32)13-4-5-13)8-21(16)31-7-6-19(27)15(23(31)33)10-28-9-14-17(25)2-1-3-18(14)26/h1-3,6-8,10-11,13,20,32H,4-5,9,12,27H2,(H,29,30). The highest BCUT2D eigenvalue weighted by atomic mass is 35.5. The zero-order valence-electron chi connectivity index (χ0n) is 17.5. The van der Waals surface area contributed by atoms with Gasteiger partial charge in [0.15, 0.2) is 0 Å². The van der Waals surface area contributed by atoms with E-state index >= 15 is 0 Å². The molecule has 0 spiro atoms. The highest BCUT2D eigenvalue weighted by molar-refractivity contribution is 6.32. The molecule has 3 aromatic rings. The van der Waals surface area contributed by atoms with Crippen LogP contribution in [0.3, 0.4) is 0 Å². The summed E-state index contributed by atoms with van der Waals surface area (Å²) in [7, 11) is 0. The number of halogens is 3. The van der Waals surface area contributed by atoms with Gasteiger partial charge in [0.2, 0.25) is 0 Å². The first kappa shape index (κ1) is 22.9. The van der Waals surface area contributed by atoms with Crippen LogP contribution in [0, 0.1) is 17.6 Å². The van der Waals surface area contributed by atoms with Crippen molar-refractivity contribution in [3.63, 3.8) is 0 Å². The second-order valence-corrected chi connectivity index (χ2v) is 8.23. The topological polar surface area (TPSA) is 106 Å². The lowest BCUT2D eigenvalue weighted by atomic mass is 10.2. The molecule has 1 saturated carbocycles. The van der Waals surface area contributed by atoms with Crippen LogP contribution in [0.5, 0.6) is 0 Å². The summed E-state index contributed by atoms with van der Waals surface area (Å²) >= 11 is 6.31. The van der Waals surface area contributed by atoms with Crippen LogP contribution in [-0.2, 0) is 6.54 Å². The van der Waals surface area contributed by atoms with E-state index in [0.29, 0.717) is 17.4 Å². The van der Waals surface area contributed by atoms with Crippen molar-refractivity contribution in [1.82, 2.24) is 9.55 Å². The monoisotopic (exact) mass is 473 g/mol. The number of hydrogen-bond acceptors (Lipinski definition) is 6. The van der Waals surface area contributed by atoms with E-state index in [1.165, 1.54) is 35.3 Å². The van der Waals surface area contributed by atoms with Gasteiger partial charge in [-0.1, -0.05) is 17.7 Å². The van der Waals surface area contributed by atoms with Gasteiger partial charge in [-0.15, -0.1) is 0 Å². The normalized spacial score (nSPS) is 14.5. The number of benzene rings is 1. The SMILES string of the molecule is Nc1ccn(-c2cc(NC(CO)C3CC3)ncc2Cl)c(=O)c1C=NCc1c(F)cccc1F. The number of aliphatic imine (C=N–C) groups is 1. The number of pyridine rings is 2. The average Bonchev–Trinajstić information content (AvgIpc) is 3.63. The fraction of sp³-hybridized carbons (Fsp3) is 0.261. The van der Waals surface area contributed by atoms with E-state index in [0.717, 1.165) is 25.0 Å². The third kappa shape index (κ3) is 5.04.